The molecule has 20 heavy (non-hydrogen) atoms. The summed E-state index contributed by atoms with van der Waals surface area (Å²) in [5.41, 5.74) is 2.04. The van der Waals surface area contributed by atoms with Crippen molar-refractivity contribution in [1.82, 2.24) is 0 Å². The standard InChI is InChI=1S/C17H18FO2/c1-2-9-20-16-7-4-13(5-8-16)10-15-6-3-14(12-19)11-17(15)18/h3-5,7-8,11,19H,2,9-10,12H2,1H3. The SMILES string of the molecule is CCCOc1ccc(Cc2[c]cc(CO)cc2F)cc1. The van der Waals surface area contributed by atoms with E-state index in [1.165, 1.54) is 6.07 Å². The number of halogens is 1. The number of ether oxygens (including phenoxy) is 1. The van der Waals surface area contributed by atoms with Crippen LogP contribution in [-0.4, -0.2) is 11.7 Å². The minimum atomic E-state index is -0.331. The zero-order valence-corrected chi connectivity index (χ0v) is 11.5. The molecule has 0 atom stereocenters. The third kappa shape index (κ3) is 3.81. The van der Waals surface area contributed by atoms with E-state index in [1.54, 1.807) is 6.07 Å². The summed E-state index contributed by atoms with van der Waals surface area (Å²) in [7, 11) is 0. The summed E-state index contributed by atoms with van der Waals surface area (Å²) in [6, 6.07) is 13.5. The molecule has 1 N–H and O–H groups in total. The van der Waals surface area contributed by atoms with Crippen molar-refractivity contribution in [2.24, 2.45) is 0 Å². The van der Waals surface area contributed by atoms with Crippen LogP contribution in [0.2, 0.25) is 0 Å². The molecule has 0 amide bonds. The molecule has 0 aliphatic carbocycles. The average Bonchev–Trinajstić information content (AvgIpc) is 2.48. The van der Waals surface area contributed by atoms with Crippen molar-refractivity contribution in [3.63, 3.8) is 0 Å². The Labute approximate surface area is 118 Å². The van der Waals surface area contributed by atoms with Crippen LogP contribution < -0.4 is 4.74 Å². The molecule has 0 heterocycles. The Bertz CT molecular complexity index is 549. The quantitative estimate of drug-likeness (QED) is 0.873. The number of aliphatic hydroxyl groups excluding tert-OH is 1. The van der Waals surface area contributed by atoms with Crippen molar-refractivity contribution < 1.29 is 14.2 Å². The lowest BCUT2D eigenvalue weighted by Crippen LogP contribution is -1.97. The molecule has 0 bridgehead atoms. The van der Waals surface area contributed by atoms with E-state index in [0.29, 0.717) is 24.2 Å². The number of hydrogen-bond acceptors (Lipinski definition) is 2. The van der Waals surface area contributed by atoms with Crippen LogP contribution in [0.25, 0.3) is 0 Å². The summed E-state index contributed by atoms with van der Waals surface area (Å²) in [6.45, 7) is 2.59. The molecule has 1 radical (unpaired) electrons. The Hall–Kier alpha value is -1.87. The first-order valence-corrected chi connectivity index (χ1v) is 6.74. The first-order chi connectivity index (χ1) is 9.72. The van der Waals surface area contributed by atoms with Gasteiger partial charge in [0.15, 0.2) is 0 Å². The zero-order valence-electron chi connectivity index (χ0n) is 11.5. The van der Waals surface area contributed by atoms with E-state index >= 15 is 0 Å². The van der Waals surface area contributed by atoms with E-state index in [1.807, 2.05) is 24.3 Å². The Kier molecular flexibility index (Phi) is 5.13. The largest absolute Gasteiger partial charge is 0.494 e. The van der Waals surface area contributed by atoms with Crippen LogP contribution in [0.5, 0.6) is 5.75 Å². The lowest BCUT2D eigenvalue weighted by Gasteiger charge is -2.07. The summed E-state index contributed by atoms with van der Waals surface area (Å²) < 4.78 is 19.3. The van der Waals surface area contributed by atoms with Crippen LogP contribution in [0.4, 0.5) is 4.39 Å². The second kappa shape index (κ2) is 7.06. The van der Waals surface area contributed by atoms with Gasteiger partial charge in [-0.15, -0.1) is 0 Å². The van der Waals surface area contributed by atoms with Gasteiger partial charge < -0.3 is 9.84 Å². The fraction of sp³-hybridized carbons (Fsp3) is 0.294. The molecule has 105 valence electrons. The fourth-order valence-electron chi connectivity index (χ4n) is 1.89. The third-order valence-electron chi connectivity index (χ3n) is 2.99. The Morgan fingerprint density at radius 1 is 1.20 bits per heavy atom. The molecule has 2 nitrogen and oxygen atoms in total. The molecule has 0 aromatic heterocycles. The van der Waals surface area contributed by atoms with E-state index in [0.717, 1.165) is 17.7 Å². The molecule has 0 saturated carbocycles. The highest BCUT2D eigenvalue weighted by Gasteiger charge is 2.05. The first kappa shape index (κ1) is 14.5. The number of benzene rings is 2. The molecule has 0 spiro atoms. The second-order valence-electron chi connectivity index (χ2n) is 4.66. The van der Waals surface area contributed by atoms with Crippen LogP contribution >= 0.6 is 0 Å². The summed E-state index contributed by atoms with van der Waals surface area (Å²) in [4.78, 5) is 0. The second-order valence-corrected chi connectivity index (χ2v) is 4.66. The predicted molar refractivity (Wildman–Crippen MR) is 76.2 cm³/mol. The summed E-state index contributed by atoms with van der Waals surface area (Å²) in [5.74, 6) is 0.499. The van der Waals surface area contributed by atoms with Gasteiger partial charge in [-0.3, -0.25) is 0 Å². The molecular weight excluding hydrogens is 255 g/mol. The third-order valence-corrected chi connectivity index (χ3v) is 2.99. The predicted octanol–water partition coefficient (Wildman–Crippen LogP) is 3.50. The van der Waals surface area contributed by atoms with Crippen molar-refractivity contribution in [1.29, 1.82) is 0 Å². The topological polar surface area (TPSA) is 29.5 Å². The van der Waals surface area contributed by atoms with Gasteiger partial charge in [0.2, 0.25) is 0 Å². The lowest BCUT2D eigenvalue weighted by molar-refractivity contribution is 0.281. The molecule has 0 saturated heterocycles. The van der Waals surface area contributed by atoms with Crippen LogP contribution in [-0.2, 0) is 13.0 Å². The number of rotatable bonds is 6. The van der Waals surface area contributed by atoms with Gasteiger partial charge in [0.1, 0.15) is 11.6 Å². The fourth-order valence-corrected chi connectivity index (χ4v) is 1.89. The minimum Gasteiger partial charge on any atom is -0.494 e. The van der Waals surface area contributed by atoms with Crippen molar-refractivity contribution in [2.45, 2.75) is 26.4 Å². The minimum absolute atomic E-state index is 0.169. The highest BCUT2D eigenvalue weighted by molar-refractivity contribution is 5.32. The molecule has 2 aromatic rings. The molecule has 0 fully saturated rings. The van der Waals surface area contributed by atoms with E-state index < -0.39 is 0 Å². The maximum atomic E-state index is 13.8. The smallest absolute Gasteiger partial charge is 0.127 e. The summed E-state index contributed by atoms with van der Waals surface area (Å²) in [6.07, 6.45) is 1.45. The normalized spacial score (nSPS) is 10.6. The van der Waals surface area contributed by atoms with Gasteiger partial charge in [0, 0.05) is 12.0 Å². The molecule has 3 heteroatoms. The van der Waals surface area contributed by atoms with Crippen LogP contribution in [0, 0.1) is 11.9 Å². The van der Waals surface area contributed by atoms with Crippen LogP contribution in [0.3, 0.4) is 0 Å². The van der Waals surface area contributed by atoms with Gasteiger partial charge in [-0.25, -0.2) is 4.39 Å². The Morgan fingerprint density at radius 2 is 1.95 bits per heavy atom. The summed E-state index contributed by atoms with van der Waals surface area (Å²) in [5, 5.41) is 8.94. The van der Waals surface area contributed by atoms with Crippen molar-refractivity contribution in [2.75, 3.05) is 6.61 Å². The van der Waals surface area contributed by atoms with Gasteiger partial charge in [0.05, 0.1) is 13.2 Å². The van der Waals surface area contributed by atoms with Gasteiger partial charge >= 0.3 is 0 Å². The van der Waals surface area contributed by atoms with Crippen LogP contribution in [0.15, 0.2) is 36.4 Å². The van der Waals surface area contributed by atoms with Gasteiger partial charge in [-0.05, 0) is 47.9 Å². The average molecular weight is 273 g/mol. The molecule has 0 unspecified atom stereocenters. The van der Waals surface area contributed by atoms with E-state index in [9.17, 15) is 4.39 Å². The molecule has 0 aliphatic rings. The lowest BCUT2D eigenvalue weighted by atomic mass is 10.0. The maximum Gasteiger partial charge on any atom is 0.127 e. The van der Waals surface area contributed by atoms with E-state index in [4.69, 9.17) is 9.84 Å². The molecular formula is C17H18FO2. The van der Waals surface area contributed by atoms with Gasteiger partial charge in [0.25, 0.3) is 0 Å². The highest BCUT2D eigenvalue weighted by Crippen LogP contribution is 2.18. The van der Waals surface area contributed by atoms with Crippen molar-refractivity contribution >= 4 is 0 Å². The number of hydrogen-bond donors (Lipinski definition) is 1. The van der Waals surface area contributed by atoms with E-state index in [-0.39, 0.29) is 12.4 Å². The van der Waals surface area contributed by atoms with E-state index in [2.05, 4.69) is 13.0 Å². The first-order valence-electron chi connectivity index (χ1n) is 6.74. The molecule has 2 rings (SSSR count). The van der Waals surface area contributed by atoms with Crippen molar-refractivity contribution in [3.8, 4) is 5.75 Å². The van der Waals surface area contributed by atoms with Gasteiger partial charge in [-0.2, -0.15) is 0 Å². The molecule has 2 aromatic carbocycles. The monoisotopic (exact) mass is 273 g/mol. The highest BCUT2D eigenvalue weighted by atomic mass is 19.1. The maximum absolute atomic E-state index is 13.8. The van der Waals surface area contributed by atoms with Crippen molar-refractivity contribution in [3.05, 3.63) is 65.0 Å². The molecule has 0 aliphatic heterocycles. The summed E-state index contributed by atoms with van der Waals surface area (Å²) >= 11 is 0. The zero-order chi connectivity index (χ0) is 14.4. The van der Waals surface area contributed by atoms with Gasteiger partial charge in [-0.1, -0.05) is 19.1 Å². The van der Waals surface area contributed by atoms with Crippen LogP contribution in [0.1, 0.15) is 30.0 Å². The Balaban J connectivity index is 2.06. The number of aliphatic hydroxyl groups is 1. The Morgan fingerprint density at radius 3 is 2.55 bits per heavy atom.